The first-order valence-corrected chi connectivity index (χ1v) is 11.4. The van der Waals surface area contributed by atoms with E-state index in [-0.39, 0.29) is 0 Å². The Morgan fingerprint density at radius 2 is 1.23 bits per heavy atom. The lowest BCUT2D eigenvalue weighted by Gasteiger charge is -2.14. The van der Waals surface area contributed by atoms with Crippen LogP contribution in [0.1, 0.15) is 5.56 Å². The molecule has 0 aliphatic carbocycles. The lowest BCUT2D eigenvalue weighted by molar-refractivity contribution is 0.653. The highest BCUT2D eigenvalue weighted by atomic mass is 16.3. The molecule has 0 saturated heterocycles. The van der Waals surface area contributed by atoms with Crippen LogP contribution in [-0.4, -0.2) is 9.97 Å². The molecule has 0 atom stereocenters. The number of rotatable bonds is 2. The first kappa shape index (κ1) is 19.5. The van der Waals surface area contributed by atoms with Gasteiger partial charge in [-0.1, -0.05) is 72.8 Å². The maximum atomic E-state index is 9.59. The summed E-state index contributed by atoms with van der Waals surface area (Å²) in [6.45, 7) is 0. The van der Waals surface area contributed by atoms with Gasteiger partial charge in [-0.15, -0.1) is 0 Å². The summed E-state index contributed by atoms with van der Waals surface area (Å²) < 4.78 is 5.87. The normalized spacial score (nSPS) is 11.4. The van der Waals surface area contributed by atoms with Gasteiger partial charge in [0, 0.05) is 23.2 Å². The van der Waals surface area contributed by atoms with Crippen molar-refractivity contribution in [2.24, 2.45) is 0 Å². The van der Waals surface area contributed by atoms with E-state index in [0.717, 1.165) is 60.3 Å². The summed E-state index contributed by atoms with van der Waals surface area (Å²) in [5, 5.41) is 14.9. The molecule has 0 unspecified atom stereocenters. The van der Waals surface area contributed by atoms with E-state index in [9.17, 15) is 5.26 Å². The highest BCUT2D eigenvalue weighted by molar-refractivity contribution is 6.11. The van der Waals surface area contributed by atoms with E-state index in [2.05, 4.69) is 76.7 Å². The molecule has 162 valence electrons. The van der Waals surface area contributed by atoms with Crippen molar-refractivity contribution in [1.82, 2.24) is 9.97 Å². The summed E-state index contributed by atoms with van der Waals surface area (Å²) >= 11 is 0. The Morgan fingerprint density at radius 1 is 0.600 bits per heavy atom. The Balaban J connectivity index is 1.48. The lowest BCUT2D eigenvalue weighted by Crippen LogP contribution is -1.89. The lowest BCUT2D eigenvalue weighted by atomic mass is 9.89. The Morgan fingerprint density at radius 3 is 2.00 bits per heavy atom. The Hall–Kier alpha value is -5.01. The minimum absolute atomic E-state index is 0.549. The maximum absolute atomic E-state index is 9.59. The van der Waals surface area contributed by atoms with E-state index in [1.807, 2.05) is 30.3 Å². The van der Waals surface area contributed by atoms with Crippen molar-refractivity contribution >= 4 is 43.7 Å². The van der Waals surface area contributed by atoms with Gasteiger partial charge in [-0.05, 0) is 56.6 Å². The van der Waals surface area contributed by atoms with Crippen molar-refractivity contribution < 1.29 is 4.42 Å². The van der Waals surface area contributed by atoms with Crippen molar-refractivity contribution in [2.75, 3.05) is 0 Å². The SMILES string of the molecule is N#Cc1ccc(-c2ccc(-c3ccc4oc5nccnc5c4c3)c3ccccc23)c2ccccc12. The summed E-state index contributed by atoms with van der Waals surface area (Å²) in [7, 11) is 0. The predicted molar refractivity (Wildman–Crippen MR) is 140 cm³/mol. The molecule has 0 aliphatic heterocycles. The summed E-state index contributed by atoms with van der Waals surface area (Å²) in [5.41, 5.74) is 7.29. The van der Waals surface area contributed by atoms with Gasteiger partial charge in [0.05, 0.1) is 11.6 Å². The zero-order valence-corrected chi connectivity index (χ0v) is 18.6. The van der Waals surface area contributed by atoms with Crippen molar-refractivity contribution in [3.63, 3.8) is 0 Å². The minimum atomic E-state index is 0.549. The fourth-order valence-electron chi connectivity index (χ4n) is 5.08. The molecule has 4 nitrogen and oxygen atoms in total. The first-order chi connectivity index (χ1) is 17.3. The number of aromatic nitrogens is 2. The fourth-order valence-corrected chi connectivity index (χ4v) is 5.08. The third-order valence-electron chi connectivity index (χ3n) is 6.68. The zero-order chi connectivity index (χ0) is 23.4. The Labute approximate surface area is 200 Å². The highest BCUT2D eigenvalue weighted by Gasteiger charge is 2.15. The molecule has 0 radical (unpaired) electrons. The van der Waals surface area contributed by atoms with Gasteiger partial charge in [-0.3, -0.25) is 0 Å². The van der Waals surface area contributed by atoms with Crippen LogP contribution in [0.25, 0.3) is 66.0 Å². The van der Waals surface area contributed by atoms with Crippen LogP contribution in [0, 0.1) is 11.3 Å². The second-order valence-electron chi connectivity index (χ2n) is 8.55. The van der Waals surface area contributed by atoms with Gasteiger partial charge in [-0.25, -0.2) is 9.97 Å². The molecule has 2 aromatic heterocycles. The number of nitrogens with zero attached hydrogens (tertiary/aromatic N) is 3. The zero-order valence-electron chi connectivity index (χ0n) is 18.6. The van der Waals surface area contributed by atoms with E-state index in [1.54, 1.807) is 12.4 Å². The monoisotopic (exact) mass is 447 g/mol. The van der Waals surface area contributed by atoms with Crippen molar-refractivity contribution in [1.29, 1.82) is 5.26 Å². The molecule has 0 fully saturated rings. The summed E-state index contributed by atoms with van der Waals surface area (Å²) in [6.07, 6.45) is 3.33. The van der Waals surface area contributed by atoms with Crippen LogP contribution in [0.5, 0.6) is 0 Å². The van der Waals surface area contributed by atoms with Gasteiger partial charge < -0.3 is 4.42 Å². The number of furan rings is 1. The van der Waals surface area contributed by atoms with Crippen molar-refractivity contribution in [3.8, 4) is 28.3 Å². The third kappa shape index (κ3) is 2.92. The molecule has 0 N–H and O–H groups in total. The molecule has 0 bridgehead atoms. The van der Waals surface area contributed by atoms with Crippen LogP contribution in [0.2, 0.25) is 0 Å². The van der Waals surface area contributed by atoms with Gasteiger partial charge in [0.25, 0.3) is 0 Å². The summed E-state index contributed by atoms with van der Waals surface area (Å²) in [5.74, 6) is 0. The Bertz CT molecular complexity index is 1980. The van der Waals surface area contributed by atoms with E-state index in [4.69, 9.17) is 4.42 Å². The standard InChI is InChI=1S/C31H17N3O/c32-18-20-9-11-26(23-6-2-1-5-21(20)23)27-13-12-22(24-7-3-4-8-25(24)27)19-10-14-29-28(17-19)30-31(35-29)34-16-15-33-30/h1-17H. The molecule has 0 saturated carbocycles. The van der Waals surface area contributed by atoms with Crippen LogP contribution in [0.3, 0.4) is 0 Å². The van der Waals surface area contributed by atoms with Gasteiger partial charge in [0.15, 0.2) is 0 Å². The molecule has 4 heteroatoms. The van der Waals surface area contributed by atoms with Gasteiger partial charge in [0.1, 0.15) is 11.1 Å². The van der Waals surface area contributed by atoms with Gasteiger partial charge >= 0.3 is 0 Å². The maximum Gasteiger partial charge on any atom is 0.246 e. The molecule has 7 rings (SSSR count). The number of hydrogen-bond donors (Lipinski definition) is 0. The number of hydrogen-bond acceptors (Lipinski definition) is 4. The van der Waals surface area contributed by atoms with E-state index >= 15 is 0 Å². The molecular formula is C31H17N3O. The second-order valence-corrected chi connectivity index (χ2v) is 8.55. The van der Waals surface area contributed by atoms with Gasteiger partial charge in [0.2, 0.25) is 5.71 Å². The van der Waals surface area contributed by atoms with E-state index in [0.29, 0.717) is 11.3 Å². The average molecular weight is 447 g/mol. The quantitative estimate of drug-likeness (QED) is 0.270. The van der Waals surface area contributed by atoms with E-state index < -0.39 is 0 Å². The van der Waals surface area contributed by atoms with Crippen molar-refractivity contribution in [2.45, 2.75) is 0 Å². The van der Waals surface area contributed by atoms with Crippen LogP contribution < -0.4 is 0 Å². The largest absolute Gasteiger partial charge is 0.436 e. The second kappa shape index (κ2) is 7.51. The van der Waals surface area contributed by atoms with Crippen LogP contribution >= 0.6 is 0 Å². The molecule has 5 aromatic carbocycles. The third-order valence-corrected chi connectivity index (χ3v) is 6.68. The summed E-state index contributed by atoms with van der Waals surface area (Å²) in [6, 6.07) is 33.5. The van der Waals surface area contributed by atoms with Gasteiger partial charge in [-0.2, -0.15) is 5.26 Å². The number of fused-ring (bicyclic) bond motifs is 5. The Kier molecular flexibility index (Phi) is 4.18. The first-order valence-electron chi connectivity index (χ1n) is 11.4. The number of nitriles is 1. The smallest absolute Gasteiger partial charge is 0.246 e. The predicted octanol–water partition coefficient (Wildman–Crippen LogP) is 7.89. The van der Waals surface area contributed by atoms with E-state index in [1.165, 1.54) is 0 Å². The average Bonchev–Trinajstić information content (AvgIpc) is 3.30. The minimum Gasteiger partial charge on any atom is -0.436 e. The molecule has 35 heavy (non-hydrogen) atoms. The van der Waals surface area contributed by atoms with Crippen LogP contribution in [0.15, 0.2) is 108 Å². The van der Waals surface area contributed by atoms with Crippen molar-refractivity contribution in [3.05, 3.63) is 109 Å². The number of benzene rings is 5. The molecule has 7 aromatic rings. The highest BCUT2D eigenvalue weighted by Crippen LogP contribution is 2.40. The molecule has 0 aliphatic rings. The summed E-state index contributed by atoms with van der Waals surface area (Å²) in [4.78, 5) is 8.79. The molecule has 2 heterocycles. The molecular weight excluding hydrogens is 430 g/mol. The topological polar surface area (TPSA) is 62.7 Å². The van der Waals surface area contributed by atoms with Crippen LogP contribution in [-0.2, 0) is 0 Å². The van der Waals surface area contributed by atoms with Crippen LogP contribution in [0.4, 0.5) is 0 Å². The molecule has 0 spiro atoms. The molecule has 0 amide bonds. The fraction of sp³-hybridized carbons (Fsp3) is 0.